The lowest BCUT2D eigenvalue weighted by molar-refractivity contribution is -0.153. The Hall–Kier alpha value is -3.07. The fourth-order valence-corrected chi connectivity index (χ4v) is 1.82. The molecule has 2 aromatic rings. The number of ketones is 1. The summed E-state index contributed by atoms with van der Waals surface area (Å²) >= 11 is 0. The van der Waals surface area contributed by atoms with E-state index in [-0.39, 0.29) is 11.5 Å². The zero-order valence-electron chi connectivity index (χ0n) is 12.4. The standard InChI is InChI=1S/C18H12F3NO2/c19-18(20,21)12-24-16-8-3-13(4-9-16)5-10-17(23)15-6-1-14(11-22)2-7-15/h1-10H,12H2. The number of hydrogen-bond donors (Lipinski definition) is 0. The maximum atomic E-state index is 12.0. The Kier molecular flexibility index (Phi) is 5.38. The summed E-state index contributed by atoms with van der Waals surface area (Å²) in [6, 6.07) is 14.1. The minimum Gasteiger partial charge on any atom is -0.484 e. The molecule has 2 rings (SSSR count). The van der Waals surface area contributed by atoms with Crippen molar-refractivity contribution in [3.8, 4) is 11.8 Å². The predicted octanol–water partition coefficient (Wildman–Crippen LogP) is 4.40. The first-order valence-corrected chi connectivity index (χ1v) is 6.89. The van der Waals surface area contributed by atoms with Crippen molar-refractivity contribution in [1.29, 1.82) is 5.26 Å². The quantitative estimate of drug-likeness (QED) is 0.603. The van der Waals surface area contributed by atoms with Crippen molar-refractivity contribution in [3.63, 3.8) is 0 Å². The van der Waals surface area contributed by atoms with Crippen LogP contribution in [0.25, 0.3) is 6.08 Å². The Balaban J connectivity index is 1.98. The summed E-state index contributed by atoms with van der Waals surface area (Å²) in [5.41, 5.74) is 1.55. The summed E-state index contributed by atoms with van der Waals surface area (Å²) < 4.78 is 40.7. The molecule has 0 heterocycles. The minimum atomic E-state index is -4.38. The van der Waals surface area contributed by atoms with Gasteiger partial charge < -0.3 is 4.74 Å². The third-order valence-corrected chi connectivity index (χ3v) is 3.01. The monoisotopic (exact) mass is 331 g/mol. The molecule has 2 aromatic carbocycles. The van der Waals surface area contributed by atoms with E-state index in [0.717, 1.165) is 0 Å². The first-order valence-electron chi connectivity index (χ1n) is 6.89. The molecular formula is C18H12F3NO2. The first kappa shape index (κ1) is 17.3. The molecule has 0 aliphatic rings. The second kappa shape index (κ2) is 7.47. The van der Waals surface area contributed by atoms with E-state index in [9.17, 15) is 18.0 Å². The van der Waals surface area contributed by atoms with E-state index in [1.165, 1.54) is 18.2 Å². The van der Waals surface area contributed by atoms with Crippen LogP contribution in [0.3, 0.4) is 0 Å². The van der Waals surface area contributed by atoms with Crippen LogP contribution in [0.5, 0.6) is 5.75 Å². The number of hydrogen-bond acceptors (Lipinski definition) is 3. The third-order valence-electron chi connectivity index (χ3n) is 3.01. The number of benzene rings is 2. The highest BCUT2D eigenvalue weighted by Crippen LogP contribution is 2.19. The van der Waals surface area contributed by atoms with Gasteiger partial charge in [0.05, 0.1) is 11.6 Å². The first-order chi connectivity index (χ1) is 11.4. The summed E-state index contributed by atoms with van der Waals surface area (Å²) in [7, 11) is 0. The Morgan fingerprint density at radius 1 is 1.08 bits per heavy atom. The molecule has 6 heteroatoms. The topological polar surface area (TPSA) is 50.1 Å². The van der Waals surface area contributed by atoms with Crippen molar-refractivity contribution >= 4 is 11.9 Å². The van der Waals surface area contributed by atoms with Crippen molar-refractivity contribution in [2.24, 2.45) is 0 Å². The van der Waals surface area contributed by atoms with E-state index < -0.39 is 12.8 Å². The van der Waals surface area contributed by atoms with Crippen LogP contribution in [0.2, 0.25) is 0 Å². The maximum Gasteiger partial charge on any atom is 0.422 e. The van der Waals surface area contributed by atoms with Crippen LogP contribution in [-0.4, -0.2) is 18.6 Å². The Morgan fingerprint density at radius 3 is 2.25 bits per heavy atom. The Morgan fingerprint density at radius 2 is 1.71 bits per heavy atom. The van der Waals surface area contributed by atoms with Crippen LogP contribution in [0.15, 0.2) is 54.6 Å². The third kappa shape index (κ3) is 5.29. The fourth-order valence-electron chi connectivity index (χ4n) is 1.82. The summed E-state index contributed by atoms with van der Waals surface area (Å²) in [4.78, 5) is 12.0. The summed E-state index contributed by atoms with van der Waals surface area (Å²) in [6.45, 7) is -1.35. The summed E-state index contributed by atoms with van der Waals surface area (Å²) in [5.74, 6) is -0.139. The molecule has 0 unspecified atom stereocenters. The average molecular weight is 331 g/mol. The number of nitriles is 1. The smallest absolute Gasteiger partial charge is 0.422 e. The van der Waals surface area contributed by atoms with Crippen LogP contribution in [0.1, 0.15) is 21.5 Å². The second-order valence-corrected chi connectivity index (χ2v) is 4.86. The van der Waals surface area contributed by atoms with Gasteiger partial charge in [0, 0.05) is 5.56 Å². The molecule has 0 N–H and O–H groups in total. The number of carbonyl (C=O) groups is 1. The van der Waals surface area contributed by atoms with Crippen molar-refractivity contribution in [2.75, 3.05) is 6.61 Å². The van der Waals surface area contributed by atoms with Crippen molar-refractivity contribution < 1.29 is 22.7 Å². The van der Waals surface area contributed by atoms with Gasteiger partial charge in [-0.15, -0.1) is 0 Å². The molecule has 0 radical (unpaired) electrons. The van der Waals surface area contributed by atoms with E-state index in [2.05, 4.69) is 4.74 Å². The van der Waals surface area contributed by atoms with Crippen molar-refractivity contribution in [2.45, 2.75) is 6.18 Å². The van der Waals surface area contributed by atoms with Gasteiger partial charge in [0.1, 0.15) is 5.75 Å². The van der Waals surface area contributed by atoms with Gasteiger partial charge in [-0.25, -0.2) is 0 Å². The van der Waals surface area contributed by atoms with Gasteiger partial charge in [0.15, 0.2) is 12.4 Å². The van der Waals surface area contributed by atoms with E-state index in [0.29, 0.717) is 16.7 Å². The lowest BCUT2D eigenvalue weighted by atomic mass is 10.1. The van der Waals surface area contributed by atoms with Gasteiger partial charge in [0.25, 0.3) is 0 Å². The number of ether oxygens (including phenoxy) is 1. The molecule has 0 aliphatic carbocycles. The van der Waals surface area contributed by atoms with Crippen LogP contribution >= 0.6 is 0 Å². The van der Waals surface area contributed by atoms with Crippen LogP contribution in [0, 0.1) is 11.3 Å². The van der Waals surface area contributed by atoms with Gasteiger partial charge in [-0.3, -0.25) is 4.79 Å². The SMILES string of the molecule is N#Cc1ccc(C(=O)C=Cc2ccc(OCC(F)(F)F)cc2)cc1. The average Bonchev–Trinajstić information content (AvgIpc) is 2.58. The van der Waals surface area contributed by atoms with Gasteiger partial charge in [-0.1, -0.05) is 18.2 Å². The molecule has 0 spiro atoms. The summed E-state index contributed by atoms with van der Waals surface area (Å²) in [6.07, 6.45) is -1.48. The maximum absolute atomic E-state index is 12.0. The van der Waals surface area contributed by atoms with Crippen LogP contribution in [0.4, 0.5) is 13.2 Å². The molecule has 0 saturated carbocycles. The Labute approximate surface area is 136 Å². The lowest BCUT2D eigenvalue weighted by Crippen LogP contribution is -2.19. The highest BCUT2D eigenvalue weighted by Gasteiger charge is 2.28. The van der Waals surface area contributed by atoms with Crippen LogP contribution in [-0.2, 0) is 0 Å². The molecule has 0 atom stereocenters. The van der Waals surface area contributed by atoms with Crippen LogP contribution < -0.4 is 4.74 Å². The fraction of sp³-hybridized carbons (Fsp3) is 0.111. The number of rotatable bonds is 5. The molecular weight excluding hydrogens is 319 g/mol. The normalized spacial score (nSPS) is 11.2. The molecule has 0 saturated heterocycles. The highest BCUT2D eigenvalue weighted by molar-refractivity contribution is 6.06. The van der Waals surface area contributed by atoms with Gasteiger partial charge in [0.2, 0.25) is 0 Å². The van der Waals surface area contributed by atoms with E-state index in [1.54, 1.807) is 42.5 Å². The number of nitrogens with zero attached hydrogens (tertiary/aromatic N) is 1. The second-order valence-electron chi connectivity index (χ2n) is 4.86. The van der Waals surface area contributed by atoms with Gasteiger partial charge in [-0.05, 0) is 48.0 Å². The van der Waals surface area contributed by atoms with Gasteiger partial charge in [-0.2, -0.15) is 18.4 Å². The zero-order valence-corrected chi connectivity index (χ0v) is 12.4. The molecule has 24 heavy (non-hydrogen) atoms. The van der Waals surface area contributed by atoms with Gasteiger partial charge >= 0.3 is 6.18 Å². The minimum absolute atomic E-state index is 0.0999. The zero-order chi connectivity index (χ0) is 17.6. The highest BCUT2D eigenvalue weighted by atomic mass is 19.4. The van der Waals surface area contributed by atoms with E-state index in [1.807, 2.05) is 6.07 Å². The largest absolute Gasteiger partial charge is 0.484 e. The number of halogens is 3. The molecule has 0 bridgehead atoms. The Bertz CT molecular complexity index is 770. The molecule has 0 aromatic heterocycles. The number of carbonyl (C=O) groups excluding carboxylic acids is 1. The van der Waals surface area contributed by atoms with E-state index in [4.69, 9.17) is 5.26 Å². The molecule has 0 aliphatic heterocycles. The molecule has 3 nitrogen and oxygen atoms in total. The molecule has 122 valence electrons. The van der Waals surface area contributed by atoms with Crippen molar-refractivity contribution in [1.82, 2.24) is 0 Å². The lowest BCUT2D eigenvalue weighted by Gasteiger charge is -2.08. The molecule has 0 amide bonds. The molecule has 0 fully saturated rings. The predicted molar refractivity (Wildman–Crippen MR) is 82.5 cm³/mol. The number of alkyl halides is 3. The van der Waals surface area contributed by atoms with E-state index >= 15 is 0 Å². The van der Waals surface area contributed by atoms with Crippen molar-refractivity contribution in [3.05, 3.63) is 71.3 Å². The summed E-state index contributed by atoms with van der Waals surface area (Å²) in [5, 5.41) is 8.70. The number of allylic oxidation sites excluding steroid dienone is 1.